The van der Waals surface area contributed by atoms with Crippen LogP contribution in [0.4, 0.5) is 0 Å². The van der Waals surface area contributed by atoms with Gasteiger partial charge < -0.3 is 5.73 Å². The lowest BCUT2D eigenvalue weighted by molar-refractivity contribution is 0.646. The summed E-state index contributed by atoms with van der Waals surface area (Å²) in [6.07, 6.45) is 2.60. The molecule has 20 heavy (non-hydrogen) atoms. The first-order valence-electron chi connectivity index (χ1n) is 6.62. The molecule has 0 amide bonds. The third kappa shape index (κ3) is 3.72. The summed E-state index contributed by atoms with van der Waals surface area (Å²) in [7, 11) is 0. The molecule has 4 heteroatoms. The molecule has 0 saturated carbocycles. The molecule has 2 N–H and O–H groups in total. The molecule has 2 rings (SSSR count). The number of nitrogens with zero attached hydrogens (tertiary/aromatic N) is 1. The first-order chi connectivity index (χ1) is 9.47. The average Bonchev–Trinajstić information content (AvgIpc) is 2.37. The van der Waals surface area contributed by atoms with Gasteiger partial charge in [-0.05, 0) is 29.5 Å². The van der Waals surface area contributed by atoms with Crippen molar-refractivity contribution in [1.29, 1.82) is 0 Å². The number of aromatic nitrogens is 1. The first-order valence-corrected chi connectivity index (χ1v) is 7.38. The highest BCUT2D eigenvalue weighted by molar-refractivity contribution is 6.34. The van der Waals surface area contributed by atoms with Crippen LogP contribution in [-0.2, 0) is 6.42 Å². The predicted octanol–water partition coefficient (Wildman–Crippen LogP) is 4.64. The largest absolute Gasteiger partial charge is 0.319 e. The fraction of sp³-hybridized carbons (Fsp3) is 0.312. The predicted molar refractivity (Wildman–Crippen MR) is 85.3 cm³/mol. The van der Waals surface area contributed by atoms with Crippen molar-refractivity contribution >= 4 is 23.2 Å². The van der Waals surface area contributed by atoms with Crippen LogP contribution in [0.3, 0.4) is 0 Å². The quantitative estimate of drug-likeness (QED) is 0.894. The Morgan fingerprint density at radius 1 is 1.20 bits per heavy atom. The maximum atomic E-state index is 6.28. The summed E-state index contributed by atoms with van der Waals surface area (Å²) < 4.78 is 0. The highest BCUT2D eigenvalue weighted by atomic mass is 35.5. The van der Waals surface area contributed by atoms with Gasteiger partial charge in [-0.3, -0.25) is 4.98 Å². The number of benzene rings is 1. The van der Waals surface area contributed by atoms with Crippen molar-refractivity contribution < 1.29 is 0 Å². The summed E-state index contributed by atoms with van der Waals surface area (Å²) in [4.78, 5) is 4.26. The maximum Gasteiger partial charge on any atom is 0.0803 e. The lowest BCUT2D eigenvalue weighted by atomic mass is 9.97. The zero-order valence-corrected chi connectivity index (χ0v) is 13.1. The molecular weight excluding hydrogens is 291 g/mol. The molecule has 1 unspecified atom stereocenters. The Bertz CT molecular complexity index is 597. The van der Waals surface area contributed by atoms with Gasteiger partial charge in [0.25, 0.3) is 0 Å². The average molecular weight is 309 g/mol. The Balaban J connectivity index is 2.30. The van der Waals surface area contributed by atoms with Crippen LogP contribution in [0.2, 0.25) is 10.0 Å². The van der Waals surface area contributed by atoms with Crippen LogP contribution in [-0.4, -0.2) is 4.98 Å². The molecule has 1 aromatic heterocycles. The van der Waals surface area contributed by atoms with Gasteiger partial charge >= 0.3 is 0 Å². The van der Waals surface area contributed by atoms with Crippen molar-refractivity contribution in [3.05, 3.63) is 63.4 Å². The number of hydrogen-bond acceptors (Lipinski definition) is 2. The monoisotopic (exact) mass is 308 g/mol. The molecule has 0 saturated heterocycles. The molecular formula is C16H18Cl2N2. The van der Waals surface area contributed by atoms with E-state index >= 15 is 0 Å². The molecule has 1 aromatic carbocycles. The lowest BCUT2D eigenvalue weighted by Crippen LogP contribution is -2.14. The minimum absolute atomic E-state index is 0.341. The Hall–Kier alpha value is -1.09. The summed E-state index contributed by atoms with van der Waals surface area (Å²) >= 11 is 12.0. The fourth-order valence-electron chi connectivity index (χ4n) is 2.20. The van der Waals surface area contributed by atoms with Gasteiger partial charge in [0.1, 0.15) is 0 Å². The SMILES string of the molecule is CC(C)Cc1cccc(C(N)c2ncc(Cl)cc2Cl)c1. The van der Waals surface area contributed by atoms with Crippen molar-refractivity contribution in [3.63, 3.8) is 0 Å². The van der Waals surface area contributed by atoms with E-state index in [0.717, 1.165) is 12.0 Å². The molecule has 2 nitrogen and oxygen atoms in total. The van der Waals surface area contributed by atoms with Gasteiger partial charge in [0, 0.05) is 6.20 Å². The highest BCUT2D eigenvalue weighted by Crippen LogP contribution is 2.27. The van der Waals surface area contributed by atoms with Crippen molar-refractivity contribution in [2.24, 2.45) is 11.7 Å². The van der Waals surface area contributed by atoms with E-state index in [0.29, 0.717) is 21.7 Å². The molecule has 0 aliphatic heterocycles. The third-order valence-corrected chi connectivity index (χ3v) is 3.59. The van der Waals surface area contributed by atoms with Gasteiger partial charge in [0.15, 0.2) is 0 Å². The van der Waals surface area contributed by atoms with Gasteiger partial charge in [-0.25, -0.2) is 0 Å². The van der Waals surface area contributed by atoms with Crippen molar-refractivity contribution in [2.45, 2.75) is 26.3 Å². The van der Waals surface area contributed by atoms with Crippen LogP contribution >= 0.6 is 23.2 Å². The second-order valence-corrected chi connectivity index (χ2v) is 6.18. The topological polar surface area (TPSA) is 38.9 Å². The molecule has 0 aliphatic rings. The Morgan fingerprint density at radius 3 is 2.60 bits per heavy atom. The van der Waals surface area contributed by atoms with E-state index < -0.39 is 0 Å². The normalized spacial score (nSPS) is 12.7. The molecule has 1 atom stereocenters. The number of halogens is 2. The molecule has 0 radical (unpaired) electrons. The first kappa shape index (κ1) is 15.3. The van der Waals surface area contributed by atoms with E-state index in [4.69, 9.17) is 28.9 Å². The Labute approximate surface area is 129 Å². The molecule has 1 heterocycles. The Morgan fingerprint density at radius 2 is 1.95 bits per heavy atom. The molecule has 0 fully saturated rings. The minimum Gasteiger partial charge on any atom is -0.319 e. The summed E-state index contributed by atoms with van der Waals surface area (Å²) in [5, 5.41) is 1.01. The van der Waals surface area contributed by atoms with Crippen molar-refractivity contribution in [1.82, 2.24) is 4.98 Å². The fourth-order valence-corrected chi connectivity index (χ4v) is 2.69. The van der Waals surface area contributed by atoms with Crippen LogP contribution in [0.25, 0.3) is 0 Å². The van der Waals surface area contributed by atoms with Gasteiger partial charge in [0.2, 0.25) is 0 Å². The Kier molecular flexibility index (Phi) is 5.03. The molecule has 2 aromatic rings. The van der Waals surface area contributed by atoms with Crippen LogP contribution in [0.5, 0.6) is 0 Å². The smallest absolute Gasteiger partial charge is 0.0803 e. The van der Waals surface area contributed by atoms with Gasteiger partial charge in [0.05, 0.1) is 21.8 Å². The lowest BCUT2D eigenvalue weighted by Gasteiger charge is -2.15. The summed E-state index contributed by atoms with van der Waals surface area (Å²) in [6, 6.07) is 9.60. The second-order valence-electron chi connectivity index (χ2n) is 5.34. The highest BCUT2D eigenvalue weighted by Gasteiger charge is 2.15. The number of rotatable bonds is 4. The summed E-state index contributed by atoms with van der Waals surface area (Å²) in [5.74, 6) is 0.610. The van der Waals surface area contributed by atoms with E-state index in [1.54, 1.807) is 12.3 Å². The zero-order chi connectivity index (χ0) is 14.7. The molecule has 106 valence electrons. The number of nitrogens with two attached hydrogens (primary N) is 1. The number of pyridine rings is 1. The summed E-state index contributed by atoms with van der Waals surface area (Å²) in [6.45, 7) is 4.40. The number of hydrogen-bond donors (Lipinski definition) is 1. The molecule has 0 aliphatic carbocycles. The molecule has 0 bridgehead atoms. The second kappa shape index (κ2) is 6.57. The van der Waals surface area contributed by atoms with Gasteiger partial charge in [-0.1, -0.05) is 61.3 Å². The van der Waals surface area contributed by atoms with E-state index in [-0.39, 0.29) is 6.04 Å². The van der Waals surface area contributed by atoms with Gasteiger partial charge in [-0.15, -0.1) is 0 Å². The maximum absolute atomic E-state index is 6.28. The zero-order valence-electron chi connectivity index (χ0n) is 11.6. The van der Waals surface area contributed by atoms with E-state index in [2.05, 4.69) is 31.0 Å². The van der Waals surface area contributed by atoms with Crippen LogP contribution < -0.4 is 5.73 Å². The van der Waals surface area contributed by atoms with Crippen molar-refractivity contribution in [2.75, 3.05) is 0 Å². The third-order valence-electron chi connectivity index (χ3n) is 3.08. The van der Waals surface area contributed by atoms with Crippen LogP contribution in [0.1, 0.15) is 36.7 Å². The van der Waals surface area contributed by atoms with E-state index in [1.165, 1.54) is 5.56 Å². The van der Waals surface area contributed by atoms with Crippen LogP contribution in [0, 0.1) is 5.92 Å². The summed E-state index contributed by atoms with van der Waals surface area (Å²) in [5.41, 5.74) is 9.22. The van der Waals surface area contributed by atoms with Gasteiger partial charge in [-0.2, -0.15) is 0 Å². The minimum atomic E-state index is -0.341. The van der Waals surface area contributed by atoms with E-state index in [1.807, 2.05) is 12.1 Å². The van der Waals surface area contributed by atoms with Crippen molar-refractivity contribution in [3.8, 4) is 0 Å². The molecule has 0 spiro atoms. The standard InChI is InChI=1S/C16H18Cl2N2/c1-10(2)6-11-4-3-5-12(7-11)15(19)16-14(18)8-13(17)9-20-16/h3-5,7-10,15H,6,19H2,1-2H3. The van der Waals surface area contributed by atoms with Crippen LogP contribution in [0.15, 0.2) is 36.5 Å². The van der Waals surface area contributed by atoms with E-state index in [9.17, 15) is 0 Å².